The van der Waals surface area contributed by atoms with Gasteiger partial charge in [0.15, 0.2) is 0 Å². The van der Waals surface area contributed by atoms with Crippen LogP contribution in [0.1, 0.15) is 16.8 Å². The quantitative estimate of drug-likeness (QED) is 0.640. The Balaban J connectivity index is 2.66. The highest BCUT2D eigenvalue weighted by molar-refractivity contribution is 7.88. The van der Waals surface area contributed by atoms with Crippen molar-refractivity contribution in [3.05, 3.63) is 29.8 Å². The van der Waals surface area contributed by atoms with Crippen molar-refractivity contribution in [2.75, 3.05) is 52.4 Å². The van der Waals surface area contributed by atoms with Crippen LogP contribution < -0.4 is 5.32 Å². The van der Waals surface area contributed by atoms with Gasteiger partial charge in [-0.25, -0.2) is 13.2 Å². The van der Waals surface area contributed by atoms with Crippen LogP contribution in [0.25, 0.3) is 0 Å². The molecular formula is C16H25N3O5S. The van der Waals surface area contributed by atoms with Crippen molar-refractivity contribution in [3.63, 3.8) is 0 Å². The lowest BCUT2D eigenvalue weighted by molar-refractivity contribution is -0.116. The van der Waals surface area contributed by atoms with Crippen LogP contribution in [-0.4, -0.2) is 76.6 Å². The van der Waals surface area contributed by atoms with Crippen molar-refractivity contribution in [3.8, 4) is 0 Å². The molecule has 1 aromatic carbocycles. The lowest BCUT2D eigenvalue weighted by Gasteiger charge is -2.20. The number of esters is 1. The summed E-state index contributed by atoms with van der Waals surface area (Å²) in [6.45, 7) is 0.735. The molecule has 0 saturated heterocycles. The number of benzene rings is 1. The summed E-state index contributed by atoms with van der Waals surface area (Å²) in [5.41, 5.74) is 0.835. The molecule has 8 nitrogen and oxygen atoms in total. The summed E-state index contributed by atoms with van der Waals surface area (Å²) < 4.78 is 29.4. The summed E-state index contributed by atoms with van der Waals surface area (Å²) in [6, 6.07) is 6.15. The minimum absolute atomic E-state index is 0.259. The molecule has 0 bridgehead atoms. The number of ether oxygens (including phenoxy) is 1. The fourth-order valence-electron chi connectivity index (χ4n) is 2.09. The van der Waals surface area contributed by atoms with Gasteiger partial charge in [-0.1, -0.05) is 0 Å². The molecule has 1 rings (SSSR count). The Kier molecular flexibility index (Phi) is 8.01. The van der Waals surface area contributed by atoms with E-state index >= 15 is 0 Å². The van der Waals surface area contributed by atoms with Gasteiger partial charge in [0, 0.05) is 12.2 Å². The maximum Gasteiger partial charge on any atom is 0.337 e. The number of anilines is 1. The van der Waals surface area contributed by atoms with Crippen LogP contribution >= 0.6 is 0 Å². The molecule has 0 aliphatic carbocycles. The Hall–Kier alpha value is -1.97. The molecule has 0 fully saturated rings. The lowest BCUT2D eigenvalue weighted by Crippen LogP contribution is -2.38. The molecule has 0 atom stereocenters. The fourth-order valence-corrected chi connectivity index (χ4v) is 2.91. The summed E-state index contributed by atoms with van der Waals surface area (Å²) in [4.78, 5) is 25.4. The normalized spacial score (nSPS) is 11.6. The Morgan fingerprint density at radius 2 is 1.72 bits per heavy atom. The molecule has 0 spiro atoms. The summed E-state index contributed by atoms with van der Waals surface area (Å²) in [5.74, 6) is -0.914. The Labute approximate surface area is 148 Å². The van der Waals surface area contributed by atoms with Crippen LogP contribution in [0.5, 0.6) is 0 Å². The highest BCUT2D eigenvalue weighted by Gasteiger charge is 2.20. The maximum atomic E-state index is 12.1. The molecule has 0 radical (unpaired) electrons. The summed E-state index contributed by atoms with van der Waals surface area (Å²) in [7, 11) is 1.60. The maximum absolute atomic E-state index is 12.1. The van der Waals surface area contributed by atoms with E-state index in [1.54, 1.807) is 12.1 Å². The first kappa shape index (κ1) is 21.1. The molecule has 0 aliphatic rings. The van der Waals surface area contributed by atoms with Crippen molar-refractivity contribution in [1.29, 1.82) is 0 Å². The van der Waals surface area contributed by atoms with Gasteiger partial charge in [0.1, 0.15) is 0 Å². The minimum atomic E-state index is -3.48. The van der Waals surface area contributed by atoms with E-state index in [9.17, 15) is 18.0 Å². The number of hydrogen-bond acceptors (Lipinski definition) is 6. The van der Waals surface area contributed by atoms with Gasteiger partial charge in [-0.2, -0.15) is 4.31 Å². The first-order valence-electron chi connectivity index (χ1n) is 7.71. The highest BCUT2D eigenvalue weighted by atomic mass is 32.2. The van der Waals surface area contributed by atoms with Crippen LogP contribution in [0.3, 0.4) is 0 Å². The number of hydrogen-bond donors (Lipinski definition) is 1. The van der Waals surface area contributed by atoms with Gasteiger partial charge in [-0.3, -0.25) is 4.79 Å². The van der Waals surface area contributed by atoms with Crippen molar-refractivity contribution in [1.82, 2.24) is 9.21 Å². The second kappa shape index (κ2) is 9.50. The zero-order valence-corrected chi connectivity index (χ0v) is 15.8. The van der Waals surface area contributed by atoms with E-state index in [1.165, 1.54) is 19.2 Å². The van der Waals surface area contributed by atoms with Crippen LogP contribution in [-0.2, 0) is 19.6 Å². The number of nitrogens with one attached hydrogen (secondary N) is 1. The number of nitrogens with zero attached hydrogens (tertiary/aromatic N) is 2. The Morgan fingerprint density at radius 1 is 1.12 bits per heavy atom. The molecule has 0 heterocycles. The topological polar surface area (TPSA) is 96.0 Å². The van der Waals surface area contributed by atoms with Crippen LogP contribution in [0.4, 0.5) is 5.69 Å². The van der Waals surface area contributed by atoms with Crippen LogP contribution in [0.15, 0.2) is 24.3 Å². The Morgan fingerprint density at radius 3 is 2.20 bits per heavy atom. The largest absolute Gasteiger partial charge is 0.465 e. The SMILES string of the molecule is COC(=O)c1ccc(NC(=O)CN(CCCN(C)C)S(C)(=O)=O)cc1. The number of methoxy groups -OCH3 is 1. The monoisotopic (exact) mass is 371 g/mol. The number of sulfonamides is 1. The molecule has 1 aromatic rings. The van der Waals surface area contributed by atoms with E-state index in [-0.39, 0.29) is 13.1 Å². The fraction of sp³-hybridized carbons (Fsp3) is 0.500. The van der Waals surface area contributed by atoms with Gasteiger partial charge in [0.25, 0.3) is 0 Å². The summed E-state index contributed by atoms with van der Waals surface area (Å²) in [5, 5.41) is 2.62. The van der Waals surface area contributed by atoms with Gasteiger partial charge in [0.2, 0.25) is 15.9 Å². The number of rotatable bonds is 9. The second-order valence-electron chi connectivity index (χ2n) is 5.87. The molecule has 1 amide bonds. The van der Waals surface area contributed by atoms with Crippen molar-refractivity contribution >= 4 is 27.6 Å². The molecule has 25 heavy (non-hydrogen) atoms. The van der Waals surface area contributed by atoms with E-state index < -0.39 is 21.9 Å². The first-order chi connectivity index (χ1) is 11.6. The molecule has 0 aliphatic heterocycles. The average molecular weight is 371 g/mol. The van der Waals surface area contributed by atoms with Gasteiger partial charge < -0.3 is 15.0 Å². The molecule has 0 unspecified atom stereocenters. The van der Waals surface area contributed by atoms with E-state index in [2.05, 4.69) is 10.1 Å². The lowest BCUT2D eigenvalue weighted by atomic mass is 10.2. The number of carbonyl (C=O) groups is 2. The highest BCUT2D eigenvalue weighted by Crippen LogP contribution is 2.11. The summed E-state index contributed by atoms with van der Waals surface area (Å²) >= 11 is 0. The molecule has 0 saturated carbocycles. The van der Waals surface area contributed by atoms with E-state index in [0.29, 0.717) is 17.7 Å². The van der Waals surface area contributed by atoms with Gasteiger partial charge in [0.05, 0.1) is 25.5 Å². The van der Waals surface area contributed by atoms with E-state index in [4.69, 9.17) is 0 Å². The molecule has 9 heteroatoms. The third-order valence-electron chi connectivity index (χ3n) is 3.39. The second-order valence-corrected chi connectivity index (χ2v) is 7.85. The number of amides is 1. The average Bonchev–Trinajstić information content (AvgIpc) is 2.52. The van der Waals surface area contributed by atoms with Gasteiger partial charge >= 0.3 is 5.97 Å². The third kappa shape index (κ3) is 7.63. The predicted octanol–water partition coefficient (Wildman–Crippen LogP) is 0.625. The molecule has 0 aromatic heterocycles. The van der Waals surface area contributed by atoms with Crippen molar-refractivity contribution in [2.45, 2.75) is 6.42 Å². The van der Waals surface area contributed by atoms with Crippen molar-refractivity contribution < 1.29 is 22.7 Å². The van der Waals surface area contributed by atoms with Crippen molar-refractivity contribution in [2.24, 2.45) is 0 Å². The molecule has 140 valence electrons. The predicted molar refractivity (Wildman–Crippen MR) is 96.0 cm³/mol. The number of carbonyl (C=O) groups excluding carboxylic acids is 2. The van der Waals surface area contributed by atoms with E-state index in [1.807, 2.05) is 19.0 Å². The Bertz CT molecular complexity index is 686. The smallest absolute Gasteiger partial charge is 0.337 e. The van der Waals surface area contributed by atoms with E-state index in [0.717, 1.165) is 17.1 Å². The third-order valence-corrected chi connectivity index (χ3v) is 4.64. The minimum Gasteiger partial charge on any atom is -0.465 e. The van der Waals surface area contributed by atoms with Gasteiger partial charge in [-0.05, 0) is 51.3 Å². The molecule has 1 N–H and O–H groups in total. The zero-order chi connectivity index (χ0) is 19.0. The molecular weight excluding hydrogens is 346 g/mol. The first-order valence-corrected chi connectivity index (χ1v) is 9.56. The van der Waals surface area contributed by atoms with Crippen LogP contribution in [0, 0.1) is 0 Å². The summed E-state index contributed by atoms with van der Waals surface area (Å²) in [6.07, 6.45) is 1.71. The zero-order valence-electron chi connectivity index (χ0n) is 15.0. The van der Waals surface area contributed by atoms with Crippen LogP contribution in [0.2, 0.25) is 0 Å². The standard InChI is InChI=1S/C16H25N3O5S/c1-18(2)10-5-11-19(25(4,22)23)12-15(20)17-14-8-6-13(7-9-14)16(21)24-3/h6-9H,5,10-12H2,1-4H3,(H,17,20). The van der Waals surface area contributed by atoms with Gasteiger partial charge in [-0.15, -0.1) is 0 Å².